The molecular weight excluding hydrogens is 198 g/mol. The first-order valence-corrected chi connectivity index (χ1v) is 6.08. The summed E-state index contributed by atoms with van der Waals surface area (Å²) >= 11 is 0. The number of nitrogens with one attached hydrogen (secondary N) is 1. The molecule has 1 saturated heterocycles. The average molecular weight is 219 g/mol. The molecule has 1 unspecified atom stereocenters. The van der Waals surface area contributed by atoms with Gasteiger partial charge in [-0.25, -0.2) is 0 Å². The van der Waals surface area contributed by atoms with Crippen molar-refractivity contribution in [3.63, 3.8) is 0 Å². The number of aryl methyl sites for hydroxylation is 1. The van der Waals surface area contributed by atoms with Crippen LogP contribution in [0.1, 0.15) is 30.9 Å². The summed E-state index contributed by atoms with van der Waals surface area (Å²) in [5.41, 5.74) is 2.73. The van der Waals surface area contributed by atoms with Gasteiger partial charge in [-0.05, 0) is 32.3 Å². The zero-order valence-electron chi connectivity index (χ0n) is 10.3. The Hall–Kier alpha value is -0.860. The van der Waals surface area contributed by atoms with E-state index in [-0.39, 0.29) is 5.60 Å². The number of ether oxygens (including phenoxy) is 1. The van der Waals surface area contributed by atoms with Crippen molar-refractivity contribution in [1.29, 1.82) is 0 Å². The van der Waals surface area contributed by atoms with Gasteiger partial charge >= 0.3 is 0 Å². The highest BCUT2D eigenvalue weighted by Gasteiger charge is 2.28. The molecule has 1 atom stereocenters. The lowest BCUT2D eigenvalue weighted by molar-refractivity contribution is 0.0207. The van der Waals surface area contributed by atoms with Gasteiger partial charge in [0.1, 0.15) is 0 Å². The van der Waals surface area contributed by atoms with Crippen LogP contribution in [0.2, 0.25) is 0 Å². The van der Waals surface area contributed by atoms with Crippen LogP contribution in [0.4, 0.5) is 0 Å². The van der Waals surface area contributed by atoms with Crippen LogP contribution < -0.4 is 5.32 Å². The molecule has 1 aromatic carbocycles. The molecule has 1 aromatic rings. The van der Waals surface area contributed by atoms with Gasteiger partial charge in [0.2, 0.25) is 0 Å². The van der Waals surface area contributed by atoms with Crippen LogP contribution in [0.15, 0.2) is 24.3 Å². The largest absolute Gasteiger partial charge is 0.374 e. The van der Waals surface area contributed by atoms with Crippen LogP contribution in [0, 0.1) is 6.92 Å². The van der Waals surface area contributed by atoms with Crippen molar-refractivity contribution in [3.05, 3.63) is 35.4 Å². The molecule has 0 aromatic heterocycles. The molecule has 1 heterocycles. The summed E-state index contributed by atoms with van der Waals surface area (Å²) in [6.45, 7) is 7.12. The van der Waals surface area contributed by atoms with Gasteiger partial charge in [0.15, 0.2) is 0 Å². The summed E-state index contributed by atoms with van der Waals surface area (Å²) in [5, 5.41) is 3.49. The van der Waals surface area contributed by atoms with E-state index in [1.54, 1.807) is 0 Å². The monoisotopic (exact) mass is 219 g/mol. The van der Waals surface area contributed by atoms with Crippen molar-refractivity contribution in [2.75, 3.05) is 13.2 Å². The molecule has 0 bridgehead atoms. The van der Waals surface area contributed by atoms with Gasteiger partial charge in [-0.15, -0.1) is 0 Å². The first-order chi connectivity index (χ1) is 7.68. The van der Waals surface area contributed by atoms with Crippen LogP contribution in [0.3, 0.4) is 0 Å². The van der Waals surface area contributed by atoms with Crippen molar-refractivity contribution in [3.8, 4) is 0 Å². The Kier molecular flexibility index (Phi) is 3.62. The van der Waals surface area contributed by atoms with E-state index in [2.05, 4.69) is 43.4 Å². The fraction of sp³-hybridized carbons (Fsp3) is 0.571. The second-order valence-corrected chi connectivity index (χ2v) is 4.99. The summed E-state index contributed by atoms with van der Waals surface area (Å²) in [6, 6.07) is 8.63. The summed E-state index contributed by atoms with van der Waals surface area (Å²) in [7, 11) is 0. The molecule has 1 aliphatic rings. The molecule has 0 amide bonds. The second kappa shape index (κ2) is 4.98. The van der Waals surface area contributed by atoms with E-state index in [4.69, 9.17) is 4.74 Å². The summed E-state index contributed by atoms with van der Waals surface area (Å²) in [5.74, 6) is 0. The Morgan fingerprint density at radius 3 is 3.00 bits per heavy atom. The summed E-state index contributed by atoms with van der Waals surface area (Å²) < 4.78 is 5.74. The van der Waals surface area contributed by atoms with E-state index in [9.17, 15) is 0 Å². The van der Waals surface area contributed by atoms with Gasteiger partial charge in [-0.3, -0.25) is 0 Å². The van der Waals surface area contributed by atoms with Crippen molar-refractivity contribution in [2.45, 2.75) is 38.8 Å². The lowest BCUT2D eigenvalue weighted by Gasteiger charge is -2.23. The predicted molar refractivity (Wildman–Crippen MR) is 66.5 cm³/mol. The van der Waals surface area contributed by atoms with Gasteiger partial charge in [-0.1, -0.05) is 29.8 Å². The highest BCUT2D eigenvalue weighted by atomic mass is 16.5. The van der Waals surface area contributed by atoms with Gasteiger partial charge < -0.3 is 10.1 Å². The van der Waals surface area contributed by atoms with E-state index in [0.717, 1.165) is 19.7 Å². The van der Waals surface area contributed by atoms with Gasteiger partial charge in [-0.2, -0.15) is 0 Å². The molecule has 2 rings (SSSR count). The van der Waals surface area contributed by atoms with Crippen LogP contribution in [0.25, 0.3) is 0 Å². The molecule has 1 aliphatic heterocycles. The molecule has 88 valence electrons. The third kappa shape index (κ3) is 3.06. The Balaban J connectivity index is 1.79. The van der Waals surface area contributed by atoms with Crippen molar-refractivity contribution < 1.29 is 4.74 Å². The SMILES string of the molecule is Cc1cccc(CNCC2(C)CCCO2)c1. The van der Waals surface area contributed by atoms with E-state index >= 15 is 0 Å². The third-order valence-electron chi connectivity index (χ3n) is 3.21. The van der Waals surface area contributed by atoms with Gasteiger partial charge in [0.05, 0.1) is 5.60 Å². The normalized spacial score (nSPS) is 24.9. The number of hydrogen-bond donors (Lipinski definition) is 1. The highest BCUT2D eigenvalue weighted by molar-refractivity contribution is 5.21. The zero-order chi connectivity index (χ0) is 11.4. The molecule has 1 fully saturated rings. The van der Waals surface area contributed by atoms with Gasteiger partial charge in [0, 0.05) is 19.7 Å². The number of rotatable bonds is 4. The first-order valence-electron chi connectivity index (χ1n) is 6.08. The minimum absolute atomic E-state index is 0.0594. The fourth-order valence-corrected chi connectivity index (χ4v) is 2.27. The molecule has 2 nitrogen and oxygen atoms in total. The molecule has 0 spiro atoms. The fourth-order valence-electron chi connectivity index (χ4n) is 2.27. The van der Waals surface area contributed by atoms with Crippen molar-refractivity contribution >= 4 is 0 Å². The minimum atomic E-state index is 0.0594. The number of hydrogen-bond acceptors (Lipinski definition) is 2. The molecule has 0 saturated carbocycles. The molecule has 16 heavy (non-hydrogen) atoms. The first kappa shape index (κ1) is 11.6. The van der Waals surface area contributed by atoms with Crippen LogP contribution in [0.5, 0.6) is 0 Å². The van der Waals surface area contributed by atoms with E-state index < -0.39 is 0 Å². The Bertz CT molecular complexity index is 342. The summed E-state index contributed by atoms with van der Waals surface area (Å²) in [4.78, 5) is 0. The summed E-state index contributed by atoms with van der Waals surface area (Å²) in [6.07, 6.45) is 2.37. The smallest absolute Gasteiger partial charge is 0.0779 e. The van der Waals surface area contributed by atoms with E-state index in [0.29, 0.717) is 0 Å². The zero-order valence-corrected chi connectivity index (χ0v) is 10.3. The van der Waals surface area contributed by atoms with Crippen molar-refractivity contribution in [2.24, 2.45) is 0 Å². The highest BCUT2D eigenvalue weighted by Crippen LogP contribution is 2.23. The Morgan fingerprint density at radius 2 is 2.31 bits per heavy atom. The quantitative estimate of drug-likeness (QED) is 0.840. The maximum atomic E-state index is 5.74. The van der Waals surface area contributed by atoms with Gasteiger partial charge in [0.25, 0.3) is 0 Å². The average Bonchev–Trinajstić information content (AvgIpc) is 2.65. The van der Waals surface area contributed by atoms with E-state index in [1.165, 1.54) is 24.0 Å². The lowest BCUT2D eigenvalue weighted by atomic mass is 10.0. The molecule has 0 radical (unpaired) electrons. The maximum Gasteiger partial charge on any atom is 0.0779 e. The Labute approximate surface area is 98.0 Å². The standard InChI is InChI=1S/C14H21NO/c1-12-5-3-6-13(9-12)10-15-11-14(2)7-4-8-16-14/h3,5-6,9,15H,4,7-8,10-11H2,1-2H3. The number of benzene rings is 1. The topological polar surface area (TPSA) is 21.3 Å². The lowest BCUT2D eigenvalue weighted by Crippen LogP contribution is -2.36. The molecule has 2 heteroatoms. The van der Waals surface area contributed by atoms with E-state index in [1.807, 2.05) is 0 Å². The second-order valence-electron chi connectivity index (χ2n) is 4.99. The predicted octanol–water partition coefficient (Wildman–Crippen LogP) is 2.65. The van der Waals surface area contributed by atoms with Crippen LogP contribution in [-0.4, -0.2) is 18.8 Å². The molecule has 0 aliphatic carbocycles. The van der Waals surface area contributed by atoms with Crippen LogP contribution >= 0.6 is 0 Å². The third-order valence-corrected chi connectivity index (χ3v) is 3.21. The Morgan fingerprint density at radius 1 is 1.44 bits per heavy atom. The maximum absolute atomic E-state index is 5.74. The molecule has 1 N–H and O–H groups in total. The molecular formula is C14H21NO. The van der Waals surface area contributed by atoms with Crippen molar-refractivity contribution in [1.82, 2.24) is 5.32 Å². The van der Waals surface area contributed by atoms with Crippen LogP contribution in [-0.2, 0) is 11.3 Å². The minimum Gasteiger partial charge on any atom is -0.374 e.